The average molecular weight is 484 g/mol. The second-order valence-corrected chi connectivity index (χ2v) is 9.34. The van der Waals surface area contributed by atoms with Gasteiger partial charge in [-0.25, -0.2) is 4.98 Å². The summed E-state index contributed by atoms with van der Waals surface area (Å²) in [5.41, 5.74) is 4.53. The topological polar surface area (TPSA) is 88.1 Å². The van der Waals surface area contributed by atoms with Crippen LogP contribution >= 0.6 is 0 Å². The minimum atomic E-state index is -0.0331. The van der Waals surface area contributed by atoms with E-state index in [1.165, 1.54) is 18.4 Å². The molecule has 1 fully saturated rings. The van der Waals surface area contributed by atoms with Gasteiger partial charge in [0.25, 0.3) is 0 Å². The smallest absolute Gasteiger partial charge is 0.228 e. The molecule has 2 aromatic heterocycles. The monoisotopic (exact) mass is 483 g/mol. The van der Waals surface area contributed by atoms with Crippen LogP contribution in [0.2, 0.25) is 0 Å². The first kappa shape index (κ1) is 23.8. The molecular formula is C28H33N7O. The molecule has 2 N–H and O–H groups in total. The van der Waals surface area contributed by atoms with Crippen molar-refractivity contribution in [3.63, 3.8) is 0 Å². The molecule has 2 aromatic carbocycles. The van der Waals surface area contributed by atoms with Crippen molar-refractivity contribution >= 4 is 28.6 Å². The first-order valence-electron chi connectivity index (χ1n) is 12.5. The molecule has 0 saturated carbocycles. The lowest BCUT2D eigenvalue weighted by molar-refractivity contribution is 0.414. The van der Waals surface area contributed by atoms with Crippen LogP contribution < -0.4 is 20.3 Å². The van der Waals surface area contributed by atoms with Crippen molar-refractivity contribution in [1.29, 1.82) is 0 Å². The number of anilines is 3. The van der Waals surface area contributed by atoms with Gasteiger partial charge < -0.3 is 20.3 Å². The Balaban J connectivity index is 1.38. The third-order valence-electron chi connectivity index (χ3n) is 6.63. The number of para-hydroxylation sites is 1. The van der Waals surface area contributed by atoms with Gasteiger partial charge in [-0.05, 0) is 62.9 Å². The first-order valence-corrected chi connectivity index (χ1v) is 12.5. The molecule has 1 aliphatic heterocycles. The van der Waals surface area contributed by atoms with Gasteiger partial charge >= 0.3 is 0 Å². The Kier molecular flexibility index (Phi) is 6.84. The van der Waals surface area contributed by atoms with Gasteiger partial charge in [-0.3, -0.25) is 0 Å². The Morgan fingerprint density at radius 2 is 1.69 bits per heavy atom. The van der Waals surface area contributed by atoms with E-state index >= 15 is 0 Å². The zero-order valence-electron chi connectivity index (χ0n) is 21.4. The van der Waals surface area contributed by atoms with Gasteiger partial charge in [0, 0.05) is 30.6 Å². The minimum absolute atomic E-state index is 0.0331. The number of aromatic nitrogens is 4. The van der Waals surface area contributed by atoms with E-state index in [0.29, 0.717) is 24.3 Å². The summed E-state index contributed by atoms with van der Waals surface area (Å²) in [6.07, 6.45) is 2.40. The van der Waals surface area contributed by atoms with Gasteiger partial charge in [0.1, 0.15) is 17.4 Å². The fraction of sp³-hybridized carbons (Fsp3) is 0.357. The molecule has 5 rings (SSSR count). The molecule has 4 aromatic rings. The number of benzene rings is 2. The predicted octanol–water partition coefficient (Wildman–Crippen LogP) is 5.43. The Morgan fingerprint density at radius 3 is 2.44 bits per heavy atom. The molecule has 36 heavy (non-hydrogen) atoms. The summed E-state index contributed by atoms with van der Waals surface area (Å²) in [7, 11) is 1.67. The van der Waals surface area contributed by atoms with Crippen molar-refractivity contribution in [1.82, 2.24) is 19.9 Å². The van der Waals surface area contributed by atoms with Crippen LogP contribution in [0.15, 0.2) is 48.5 Å². The normalized spacial score (nSPS) is 14.2. The van der Waals surface area contributed by atoms with Crippen LogP contribution in [0.25, 0.3) is 10.9 Å². The van der Waals surface area contributed by atoms with E-state index in [9.17, 15) is 0 Å². The number of aryl methyl sites for hydroxylation is 2. The second kappa shape index (κ2) is 10.4. The van der Waals surface area contributed by atoms with Gasteiger partial charge in [0.05, 0.1) is 18.7 Å². The molecule has 0 spiro atoms. The summed E-state index contributed by atoms with van der Waals surface area (Å²) in [4.78, 5) is 21.2. The minimum Gasteiger partial charge on any atom is -0.497 e. The molecule has 0 amide bonds. The molecule has 0 bridgehead atoms. The van der Waals surface area contributed by atoms with Gasteiger partial charge in [-0.1, -0.05) is 30.3 Å². The molecule has 3 heterocycles. The molecule has 1 saturated heterocycles. The summed E-state index contributed by atoms with van der Waals surface area (Å²) >= 11 is 0. The summed E-state index contributed by atoms with van der Waals surface area (Å²) in [6, 6.07) is 16.5. The van der Waals surface area contributed by atoms with Crippen LogP contribution in [0.4, 0.5) is 17.7 Å². The number of hydrogen-bond acceptors (Lipinski definition) is 8. The molecule has 186 valence electrons. The first-order chi connectivity index (χ1) is 17.5. The number of ether oxygens (including phenoxy) is 1. The highest BCUT2D eigenvalue weighted by molar-refractivity contribution is 5.85. The van der Waals surface area contributed by atoms with Gasteiger partial charge in [0.2, 0.25) is 11.9 Å². The SMILES string of the molecule is COc1ccc(CNc2nc(C)nc(N[C@@H](C)c3cc4cccc(C)c4nc3N3CCCC3)n2)cc1. The molecule has 1 aliphatic rings. The number of rotatable bonds is 8. The highest BCUT2D eigenvalue weighted by Gasteiger charge is 2.22. The summed E-state index contributed by atoms with van der Waals surface area (Å²) in [6.45, 7) is 8.82. The number of hydrogen-bond donors (Lipinski definition) is 2. The summed E-state index contributed by atoms with van der Waals surface area (Å²) in [5.74, 6) is 3.63. The number of nitrogens with zero attached hydrogens (tertiary/aromatic N) is 5. The standard InChI is InChI=1S/C28H33N7O/c1-18-8-7-9-22-16-24(26(33-25(18)22)35-14-5-6-15-35)19(2)30-28-32-20(3)31-27(34-28)29-17-21-10-12-23(36-4)13-11-21/h7-13,16,19H,5-6,14-15,17H2,1-4H3,(H2,29,30,31,32,34)/t19-/m0/s1. The van der Waals surface area contributed by atoms with Crippen LogP contribution in [-0.4, -0.2) is 40.1 Å². The van der Waals surface area contributed by atoms with E-state index in [0.717, 1.165) is 46.7 Å². The van der Waals surface area contributed by atoms with Gasteiger partial charge in [-0.2, -0.15) is 15.0 Å². The molecule has 8 nitrogen and oxygen atoms in total. The number of nitrogens with one attached hydrogen (secondary N) is 2. The van der Waals surface area contributed by atoms with Crippen LogP contribution in [0, 0.1) is 13.8 Å². The lowest BCUT2D eigenvalue weighted by Crippen LogP contribution is -2.23. The lowest BCUT2D eigenvalue weighted by atomic mass is 10.0. The Bertz CT molecular complexity index is 1350. The third-order valence-corrected chi connectivity index (χ3v) is 6.63. The number of pyridine rings is 1. The predicted molar refractivity (Wildman–Crippen MR) is 145 cm³/mol. The maximum atomic E-state index is 5.24. The van der Waals surface area contributed by atoms with Crippen molar-refractivity contribution in [3.8, 4) is 5.75 Å². The van der Waals surface area contributed by atoms with Crippen molar-refractivity contribution < 1.29 is 4.74 Å². The average Bonchev–Trinajstić information content (AvgIpc) is 3.42. The Labute approximate surface area is 212 Å². The second-order valence-electron chi connectivity index (χ2n) is 9.34. The highest BCUT2D eigenvalue weighted by atomic mass is 16.5. The van der Waals surface area contributed by atoms with Gasteiger partial charge in [0.15, 0.2) is 0 Å². The highest BCUT2D eigenvalue weighted by Crippen LogP contribution is 2.33. The third kappa shape index (κ3) is 5.17. The lowest BCUT2D eigenvalue weighted by Gasteiger charge is -2.25. The van der Waals surface area contributed by atoms with Crippen LogP contribution in [0.1, 0.15) is 48.3 Å². The molecule has 1 atom stereocenters. The van der Waals surface area contributed by atoms with Gasteiger partial charge in [-0.15, -0.1) is 0 Å². The van der Waals surface area contributed by atoms with Crippen molar-refractivity contribution in [2.45, 2.75) is 46.2 Å². The largest absolute Gasteiger partial charge is 0.497 e. The van der Waals surface area contributed by atoms with E-state index in [4.69, 9.17) is 9.72 Å². The van der Waals surface area contributed by atoms with E-state index in [1.807, 2.05) is 31.2 Å². The van der Waals surface area contributed by atoms with Crippen molar-refractivity contribution in [2.75, 3.05) is 35.7 Å². The maximum absolute atomic E-state index is 5.24. The summed E-state index contributed by atoms with van der Waals surface area (Å²) < 4.78 is 5.24. The fourth-order valence-corrected chi connectivity index (χ4v) is 4.68. The van der Waals surface area contributed by atoms with E-state index in [2.05, 4.69) is 68.6 Å². The molecule has 0 aliphatic carbocycles. The maximum Gasteiger partial charge on any atom is 0.228 e. The van der Waals surface area contributed by atoms with E-state index in [1.54, 1.807) is 7.11 Å². The Hall–Kier alpha value is -3.94. The van der Waals surface area contributed by atoms with Crippen molar-refractivity contribution in [2.24, 2.45) is 0 Å². The molecule has 8 heteroatoms. The van der Waals surface area contributed by atoms with E-state index < -0.39 is 0 Å². The zero-order chi connectivity index (χ0) is 25.1. The molecular weight excluding hydrogens is 450 g/mol. The quantitative estimate of drug-likeness (QED) is 0.343. The fourth-order valence-electron chi connectivity index (χ4n) is 4.68. The number of methoxy groups -OCH3 is 1. The molecule has 0 unspecified atom stereocenters. The molecule has 0 radical (unpaired) electrons. The van der Waals surface area contributed by atoms with Crippen LogP contribution in [-0.2, 0) is 6.54 Å². The zero-order valence-corrected chi connectivity index (χ0v) is 21.4. The van der Waals surface area contributed by atoms with Crippen LogP contribution in [0.3, 0.4) is 0 Å². The van der Waals surface area contributed by atoms with E-state index in [-0.39, 0.29) is 6.04 Å². The Morgan fingerprint density at radius 1 is 0.944 bits per heavy atom. The summed E-state index contributed by atoms with van der Waals surface area (Å²) in [5, 5.41) is 7.97. The van der Waals surface area contributed by atoms with Crippen LogP contribution in [0.5, 0.6) is 5.75 Å². The van der Waals surface area contributed by atoms with Crippen molar-refractivity contribution in [3.05, 3.63) is 71.0 Å². The number of fused-ring (bicyclic) bond motifs is 1.